The number of hydrogen-bond acceptors (Lipinski definition) is 4. The number of ether oxygens (including phenoxy) is 1. The fourth-order valence-electron chi connectivity index (χ4n) is 3.37. The fraction of sp³-hybridized carbons (Fsp3) is 0.409. The van der Waals surface area contributed by atoms with E-state index in [1.807, 2.05) is 26.0 Å². The molecule has 1 amide bonds. The number of hydrogen-bond donors (Lipinski definition) is 1. The quantitative estimate of drug-likeness (QED) is 0.564. The Bertz CT molecular complexity index is 1070. The Labute approximate surface area is 194 Å². The number of halogens is 2. The molecule has 2 rings (SSSR count). The van der Waals surface area contributed by atoms with E-state index < -0.39 is 22.5 Å². The first-order valence-corrected chi connectivity index (χ1v) is 12.4. The molecule has 0 bridgehead atoms. The van der Waals surface area contributed by atoms with Gasteiger partial charge in [-0.3, -0.25) is 9.10 Å². The maximum Gasteiger partial charge on any atom is 0.241 e. The average Bonchev–Trinajstić information content (AvgIpc) is 2.65. The molecular weight excluding hydrogens is 459 g/mol. The highest BCUT2D eigenvalue weighted by molar-refractivity contribution is 7.92. The average molecular weight is 487 g/mol. The van der Waals surface area contributed by atoms with Crippen LogP contribution in [0.4, 0.5) is 5.69 Å². The third kappa shape index (κ3) is 6.28. The van der Waals surface area contributed by atoms with Crippen LogP contribution in [0.1, 0.15) is 49.4 Å². The molecule has 0 heterocycles. The molecule has 0 saturated carbocycles. The van der Waals surface area contributed by atoms with Crippen LogP contribution in [-0.2, 0) is 14.8 Å². The van der Waals surface area contributed by atoms with Crippen molar-refractivity contribution in [3.05, 3.63) is 57.1 Å². The first-order chi connectivity index (χ1) is 14.3. The summed E-state index contributed by atoms with van der Waals surface area (Å²) in [6.07, 6.45) is 1.02. The summed E-state index contributed by atoms with van der Waals surface area (Å²) in [5, 5.41) is 3.41. The monoisotopic (exact) mass is 486 g/mol. The van der Waals surface area contributed by atoms with E-state index in [0.29, 0.717) is 5.02 Å². The van der Waals surface area contributed by atoms with Gasteiger partial charge in [-0.1, -0.05) is 37.0 Å². The van der Waals surface area contributed by atoms with Gasteiger partial charge in [0.1, 0.15) is 12.3 Å². The fourth-order valence-corrected chi connectivity index (χ4v) is 4.80. The maximum atomic E-state index is 12.8. The van der Waals surface area contributed by atoms with E-state index in [4.69, 9.17) is 27.9 Å². The topological polar surface area (TPSA) is 75.7 Å². The Morgan fingerprint density at radius 3 is 2.29 bits per heavy atom. The largest absolute Gasteiger partial charge is 0.496 e. The summed E-state index contributed by atoms with van der Waals surface area (Å²) in [5.74, 6) is 0.589. The second-order valence-electron chi connectivity index (χ2n) is 7.76. The van der Waals surface area contributed by atoms with Crippen molar-refractivity contribution in [3.8, 4) is 5.75 Å². The van der Waals surface area contributed by atoms with Gasteiger partial charge in [0.15, 0.2) is 0 Å². The van der Waals surface area contributed by atoms with Crippen LogP contribution in [0.15, 0.2) is 30.3 Å². The van der Waals surface area contributed by atoms with Crippen molar-refractivity contribution in [3.63, 3.8) is 0 Å². The van der Waals surface area contributed by atoms with Crippen molar-refractivity contribution >= 4 is 44.8 Å². The molecule has 0 radical (unpaired) electrons. The Balaban J connectivity index is 2.28. The molecule has 170 valence electrons. The second kappa shape index (κ2) is 10.1. The minimum Gasteiger partial charge on any atom is -0.496 e. The molecule has 0 aliphatic carbocycles. The van der Waals surface area contributed by atoms with Crippen molar-refractivity contribution in [1.82, 2.24) is 5.32 Å². The van der Waals surface area contributed by atoms with E-state index in [9.17, 15) is 13.2 Å². The molecule has 1 unspecified atom stereocenters. The van der Waals surface area contributed by atoms with Crippen LogP contribution < -0.4 is 14.4 Å². The van der Waals surface area contributed by atoms with Crippen molar-refractivity contribution in [2.24, 2.45) is 0 Å². The minimum absolute atomic E-state index is 0.145. The second-order valence-corrected chi connectivity index (χ2v) is 10.5. The molecule has 2 aromatic rings. The number of methoxy groups -OCH3 is 1. The number of amides is 1. The molecule has 0 fully saturated rings. The van der Waals surface area contributed by atoms with E-state index in [2.05, 4.69) is 19.2 Å². The zero-order chi connectivity index (χ0) is 23.5. The first-order valence-electron chi connectivity index (χ1n) is 9.75. The standard InChI is InChI=1S/C22H28Cl2N2O4S/c1-13(2)17-11-18(14(3)9-21(17)30-5)15(4)25-22(27)12-26(31(6,28)29)20-8-7-16(23)10-19(20)24/h7-11,13,15H,12H2,1-6H3,(H,25,27). The lowest BCUT2D eigenvalue weighted by molar-refractivity contribution is -0.120. The number of sulfonamides is 1. The van der Waals surface area contributed by atoms with Gasteiger partial charge in [0.2, 0.25) is 15.9 Å². The third-order valence-electron chi connectivity index (χ3n) is 4.95. The summed E-state index contributed by atoms with van der Waals surface area (Å²) in [6.45, 7) is 7.54. The van der Waals surface area contributed by atoms with Gasteiger partial charge in [0.25, 0.3) is 0 Å². The van der Waals surface area contributed by atoms with Crippen LogP contribution >= 0.6 is 23.2 Å². The van der Waals surface area contributed by atoms with Crippen LogP contribution in [0.3, 0.4) is 0 Å². The van der Waals surface area contributed by atoms with E-state index in [1.54, 1.807) is 7.11 Å². The lowest BCUT2D eigenvalue weighted by Crippen LogP contribution is -2.41. The minimum atomic E-state index is -3.76. The number of nitrogens with zero attached hydrogens (tertiary/aromatic N) is 1. The van der Waals surface area contributed by atoms with Gasteiger partial charge in [-0.05, 0) is 66.8 Å². The molecule has 0 aromatic heterocycles. The van der Waals surface area contributed by atoms with Gasteiger partial charge >= 0.3 is 0 Å². The molecule has 6 nitrogen and oxygen atoms in total. The van der Waals surface area contributed by atoms with Crippen LogP contribution in [0, 0.1) is 6.92 Å². The molecular formula is C22H28Cl2N2O4S. The van der Waals surface area contributed by atoms with E-state index >= 15 is 0 Å². The van der Waals surface area contributed by atoms with Crippen LogP contribution in [0.25, 0.3) is 0 Å². The normalized spacial score (nSPS) is 12.5. The van der Waals surface area contributed by atoms with Gasteiger partial charge < -0.3 is 10.1 Å². The lowest BCUT2D eigenvalue weighted by atomic mass is 9.93. The van der Waals surface area contributed by atoms with Gasteiger partial charge in [0.05, 0.1) is 30.1 Å². The highest BCUT2D eigenvalue weighted by atomic mass is 35.5. The Morgan fingerprint density at radius 2 is 1.77 bits per heavy atom. The van der Waals surface area contributed by atoms with Gasteiger partial charge in [0, 0.05) is 5.02 Å². The Morgan fingerprint density at radius 1 is 1.13 bits per heavy atom. The number of nitrogens with one attached hydrogen (secondary N) is 1. The molecule has 31 heavy (non-hydrogen) atoms. The number of carbonyl (C=O) groups excluding carboxylic acids is 1. The summed E-state index contributed by atoms with van der Waals surface area (Å²) >= 11 is 12.1. The summed E-state index contributed by atoms with van der Waals surface area (Å²) < 4.78 is 31.1. The number of carbonyl (C=O) groups is 1. The van der Waals surface area contributed by atoms with E-state index in [0.717, 1.165) is 33.0 Å². The molecule has 0 saturated heterocycles. The number of aryl methyl sites for hydroxylation is 1. The summed E-state index contributed by atoms with van der Waals surface area (Å²) in [6, 6.07) is 8.07. The molecule has 9 heteroatoms. The van der Waals surface area contributed by atoms with E-state index in [-0.39, 0.29) is 22.7 Å². The molecule has 0 spiro atoms. The SMILES string of the molecule is COc1cc(C)c(C(C)NC(=O)CN(c2ccc(Cl)cc2Cl)S(C)(=O)=O)cc1C(C)C. The van der Waals surface area contributed by atoms with Crippen LogP contribution in [0.5, 0.6) is 5.75 Å². The third-order valence-corrected chi connectivity index (χ3v) is 6.61. The van der Waals surface area contributed by atoms with Gasteiger partial charge in [-0.2, -0.15) is 0 Å². The van der Waals surface area contributed by atoms with Crippen LogP contribution in [0.2, 0.25) is 10.0 Å². The molecule has 0 aliphatic heterocycles. The molecule has 0 aliphatic rings. The first kappa shape index (κ1) is 25.3. The number of anilines is 1. The predicted molar refractivity (Wildman–Crippen MR) is 127 cm³/mol. The van der Waals surface area contributed by atoms with E-state index in [1.165, 1.54) is 18.2 Å². The predicted octanol–water partition coefficient (Wildman–Crippen LogP) is 5.08. The zero-order valence-corrected chi connectivity index (χ0v) is 20.8. The number of benzene rings is 2. The summed E-state index contributed by atoms with van der Waals surface area (Å²) in [7, 11) is -2.12. The lowest BCUT2D eigenvalue weighted by Gasteiger charge is -2.25. The van der Waals surface area contributed by atoms with Crippen molar-refractivity contribution < 1.29 is 17.9 Å². The summed E-state index contributed by atoms with van der Waals surface area (Å²) in [4.78, 5) is 12.8. The Hall–Kier alpha value is -1.96. The smallest absolute Gasteiger partial charge is 0.241 e. The van der Waals surface area contributed by atoms with Crippen LogP contribution in [-0.4, -0.2) is 34.2 Å². The highest BCUT2D eigenvalue weighted by Gasteiger charge is 2.24. The Kier molecular flexibility index (Phi) is 8.25. The van der Waals surface area contributed by atoms with Crippen molar-refractivity contribution in [2.75, 3.05) is 24.2 Å². The van der Waals surface area contributed by atoms with Crippen molar-refractivity contribution in [1.29, 1.82) is 0 Å². The van der Waals surface area contributed by atoms with Crippen molar-refractivity contribution in [2.45, 2.75) is 39.7 Å². The number of rotatable bonds is 8. The zero-order valence-electron chi connectivity index (χ0n) is 18.5. The molecule has 1 atom stereocenters. The molecule has 2 aromatic carbocycles. The van der Waals surface area contributed by atoms with Gasteiger partial charge in [-0.15, -0.1) is 0 Å². The molecule has 1 N–H and O–H groups in total. The highest BCUT2D eigenvalue weighted by Crippen LogP contribution is 2.33. The maximum absolute atomic E-state index is 12.8. The van der Waals surface area contributed by atoms with Gasteiger partial charge in [-0.25, -0.2) is 8.42 Å². The summed E-state index contributed by atoms with van der Waals surface area (Å²) in [5.41, 5.74) is 3.14.